The van der Waals surface area contributed by atoms with Gasteiger partial charge >= 0.3 is 0 Å². The molecule has 0 aromatic carbocycles. The zero-order valence-corrected chi connectivity index (χ0v) is 16.3. The topological polar surface area (TPSA) is 56.5 Å². The largest absolute Gasteiger partial charge is 0.377 e. The van der Waals surface area contributed by atoms with Gasteiger partial charge in [0.05, 0.1) is 25.4 Å². The first-order valence-corrected chi connectivity index (χ1v) is 11.5. The van der Waals surface area contributed by atoms with Crippen LogP contribution in [0.1, 0.15) is 64.2 Å². The molecule has 4 heteroatoms. The highest BCUT2D eigenvalue weighted by Crippen LogP contribution is 2.59. The summed E-state index contributed by atoms with van der Waals surface area (Å²) in [4.78, 5) is 0. The van der Waals surface area contributed by atoms with Gasteiger partial charge in [-0.1, -0.05) is 12.8 Å². The van der Waals surface area contributed by atoms with Gasteiger partial charge in [0.15, 0.2) is 0 Å². The van der Waals surface area contributed by atoms with Crippen LogP contribution in [0.4, 0.5) is 0 Å². The van der Waals surface area contributed by atoms with Gasteiger partial charge in [0.2, 0.25) is 0 Å². The van der Waals surface area contributed by atoms with Crippen LogP contribution >= 0.6 is 0 Å². The van der Waals surface area contributed by atoms with E-state index in [1.165, 1.54) is 64.2 Å². The quantitative estimate of drug-likeness (QED) is 0.652. The lowest BCUT2D eigenvalue weighted by molar-refractivity contribution is -0.0112. The third-order valence-electron chi connectivity index (χ3n) is 8.75. The fourth-order valence-corrected chi connectivity index (χ4v) is 7.83. The summed E-state index contributed by atoms with van der Waals surface area (Å²) in [6.07, 6.45) is 14.8. The fraction of sp³-hybridized carbons (Fsp3) is 1.00. The van der Waals surface area contributed by atoms with Gasteiger partial charge in [-0.25, -0.2) is 0 Å². The van der Waals surface area contributed by atoms with Crippen LogP contribution in [-0.2, 0) is 9.47 Å². The average Bonchev–Trinajstić information content (AvgIpc) is 3.38. The Balaban J connectivity index is 1.08. The summed E-state index contributed by atoms with van der Waals surface area (Å²) >= 11 is 0. The molecule has 0 radical (unpaired) electrons. The van der Waals surface area contributed by atoms with Crippen molar-refractivity contribution in [3.8, 4) is 0 Å². The molecule has 5 rings (SSSR count). The van der Waals surface area contributed by atoms with E-state index in [9.17, 15) is 0 Å². The van der Waals surface area contributed by atoms with Crippen LogP contribution in [0.5, 0.6) is 0 Å². The van der Waals surface area contributed by atoms with E-state index in [1.54, 1.807) is 0 Å². The van der Waals surface area contributed by atoms with E-state index in [1.807, 2.05) is 0 Å². The number of fused-ring (bicyclic) bond motifs is 7. The molecule has 148 valence electrons. The molecule has 26 heavy (non-hydrogen) atoms. The molecule has 0 heterocycles. The van der Waals surface area contributed by atoms with E-state index in [-0.39, 0.29) is 0 Å². The summed E-state index contributed by atoms with van der Waals surface area (Å²) in [5.41, 5.74) is 5.95. The van der Waals surface area contributed by atoms with Crippen molar-refractivity contribution in [3.63, 3.8) is 0 Å². The first-order chi connectivity index (χ1) is 12.8. The van der Waals surface area contributed by atoms with Crippen LogP contribution < -0.4 is 11.1 Å². The second kappa shape index (κ2) is 7.35. The van der Waals surface area contributed by atoms with Gasteiger partial charge < -0.3 is 20.5 Å². The van der Waals surface area contributed by atoms with Gasteiger partial charge in [0, 0.05) is 18.6 Å². The summed E-state index contributed by atoms with van der Waals surface area (Å²) in [6, 6.07) is 0. The predicted molar refractivity (Wildman–Crippen MR) is 103 cm³/mol. The molecule has 3 N–H and O–H groups in total. The zero-order valence-electron chi connectivity index (χ0n) is 16.3. The lowest BCUT2D eigenvalue weighted by atomic mass is 9.80. The molecule has 0 aromatic rings. The number of nitrogens with two attached hydrogens (primary N) is 1. The summed E-state index contributed by atoms with van der Waals surface area (Å²) in [6.45, 7) is 3.26. The minimum absolute atomic E-state index is 0.316. The molecule has 0 amide bonds. The van der Waals surface area contributed by atoms with Gasteiger partial charge in [-0.3, -0.25) is 0 Å². The van der Waals surface area contributed by atoms with E-state index in [4.69, 9.17) is 15.2 Å². The Labute approximate surface area is 158 Å². The van der Waals surface area contributed by atoms with E-state index >= 15 is 0 Å². The molecule has 0 spiro atoms. The van der Waals surface area contributed by atoms with Crippen molar-refractivity contribution >= 4 is 0 Å². The molecule has 8 unspecified atom stereocenters. The molecular weight excluding hydrogens is 324 g/mol. The minimum atomic E-state index is 0.316. The molecule has 5 saturated carbocycles. The maximum atomic E-state index is 6.42. The molecule has 0 aromatic heterocycles. The van der Waals surface area contributed by atoms with Crippen molar-refractivity contribution in [1.82, 2.24) is 5.32 Å². The molecular formula is C22H38N2O2. The van der Waals surface area contributed by atoms with Crippen LogP contribution in [0.25, 0.3) is 0 Å². The molecule has 0 saturated heterocycles. The van der Waals surface area contributed by atoms with Crippen molar-refractivity contribution in [2.24, 2.45) is 35.3 Å². The number of ether oxygens (including phenoxy) is 2. The Morgan fingerprint density at radius 1 is 0.846 bits per heavy atom. The molecule has 5 aliphatic carbocycles. The maximum Gasteiger partial charge on any atom is 0.0622 e. The maximum absolute atomic E-state index is 6.42. The molecule has 8 atom stereocenters. The Morgan fingerprint density at radius 3 is 2.65 bits per heavy atom. The predicted octanol–water partition coefficient (Wildman–Crippen LogP) is 3.09. The number of nitrogens with one attached hydrogen (secondary N) is 1. The van der Waals surface area contributed by atoms with Crippen molar-refractivity contribution in [2.75, 3.05) is 26.3 Å². The first kappa shape index (κ1) is 17.9. The third kappa shape index (κ3) is 3.15. The molecule has 4 nitrogen and oxygen atoms in total. The van der Waals surface area contributed by atoms with Gasteiger partial charge in [-0.2, -0.15) is 0 Å². The summed E-state index contributed by atoms with van der Waals surface area (Å²) in [7, 11) is 0. The lowest BCUT2D eigenvalue weighted by Crippen LogP contribution is -2.46. The summed E-state index contributed by atoms with van der Waals surface area (Å²) < 4.78 is 12.5. The zero-order chi connectivity index (χ0) is 17.6. The molecule has 5 aliphatic rings. The van der Waals surface area contributed by atoms with Crippen molar-refractivity contribution in [2.45, 2.75) is 82.0 Å². The highest BCUT2D eigenvalue weighted by molar-refractivity contribution is 5.05. The van der Waals surface area contributed by atoms with Gasteiger partial charge in [-0.15, -0.1) is 0 Å². The van der Waals surface area contributed by atoms with Gasteiger partial charge in [0.1, 0.15) is 0 Å². The highest BCUT2D eigenvalue weighted by atomic mass is 16.5. The van der Waals surface area contributed by atoms with Crippen molar-refractivity contribution in [3.05, 3.63) is 0 Å². The second-order valence-electron chi connectivity index (χ2n) is 10.0. The first-order valence-electron chi connectivity index (χ1n) is 11.5. The Morgan fingerprint density at radius 2 is 1.73 bits per heavy atom. The Bertz CT molecular complexity index is 501. The van der Waals surface area contributed by atoms with Crippen molar-refractivity contribution < 1.29 is 9.47 Å². The smallest absolute Gasteiger partial charge is 0.0622 e. The lowest BCUT2D eigenvalue weighted by Gasteiger charge is -2.35. The van der Waals surface area contributed by atoms with Crippen LogP contribution in [0.15, 0.2) is 0 Å². The Kier molecular flexibility index (Phi) is 5.06. The molecule has 4 bridgehead atoms. The van der Waals surface area contributed by atoms with E-state index in [0.717, 1.165) is 42.7 Å². The SMILES string of the molecule is NCCOC1CC2(NCCOC3CC4CC3C3CCCC43)CCCC1C2. The van der Waals surface area contributed by atoms with Gasteiger partial charge in [-0.05, 0) is 81.0 Å². The van der Waals surface area contributed by atoms with Crippen LogP contribution in [0.3, 0.4) is 0 Å². The second-order valence-corrected chi connectivity index (χ2v) is 10.0. The van der Waals surface area contributed by atoms with Crippen LogP contribution in [0, 0.1) is 29.6 Å². The summed E-state index contributed by atoms with van der Waals surface area (Å²) in [5, 5.41) is 3.91. The molecule has 5 fully saturated rings. The summed E-state index contributed by atoms with van der Waals surface area (Å²) in [5.74, 6) is 4.72. The Hall–Kier alpha value is -0.160. The fourth-order valence-electron chi connectivity index (χ4n) is 7.83. The van der Waals surface area contributed by atoms with Gasteiger partial charge in [0.25, 0.3) is 0 Å². The standard InChI is InChI=1S/C22H38N2O2/c23-7-9-25-21-14-22(6-2-3-15(21)13-22)24-8-10-26-20-12-16-11-19(20)18-5-1-4-17(16)18/h15-21,24H,1-14,23H2. The normalized spacial score (nSPS) is 49.0. The molecule has 0 aliphatic heterocycles. The minimum Gasteiger partial charge on any atom is -0.377 e. The number of hydrogen-bond donors (Lipinski definition) is 2. The third-order valence-corrected chi connectivity index (χ3v) is 8.75. The monoisotopic (exact) mass is 362 g/mol. The average molecular weight is 363 g/mol. The van der Waals surface area contributed by atoms with E-state index in [2.05, 4.69) is 5.32 Å². The number of rotatable bonds is 8. The van der Waals surface area contributed by atoms with E-state index in [0.29, 0.717) is 30.9 Å². The van der Waals surface area contributed by atoms with Crippen LogP contribution in [0.2, 0.25) is 0 Å². The van der Waals surface area contributed by atoms with Crippen molar-refractivity contribution in [1.29, 1.82) is 0 Å². The van der Waals surface area contributed by atoms with Crippen LogP contribution in [-0.4, -0.2) is 44.1 Å². The highest BCUT2D eigenvalue weighted by Gasteiger charge is 2.54. The van der Waals surface area contributed by atoms with E-state index < -0.39 is 0 Å². The number of hydrogen-bond acceptors (Lipinski definition) is 4.